The average molecular weight is 293 g/mol. The van der Waals surface area contributed by atoms with Gasteiger partial charge in [0.2, 0.25) is 0 Å². The summed E-state index contributed by atoms with van der Waals surface area (Å²) in [6.07, 6.45) is 4.93. The molecule has 0 aliphatic carbocycles. The van der Waals surface area contributed by atoms with E-state index in [1.54, 1.807) is 10.8 Å². The number of hydrogen-bond donors (Lipinski definition) is 1. The fraction of sp³-hybridized carbons (Fsp3) is 0.923. The number of rotatable bonds is 11. The molecule has 0 aliphatic rings. The highest BCUT2D eigenvalue weighted by molar-refractivity contribution is 8.76. The molecule has 0 bridgehead atoms. The number of unbranched alkanes of at least 4 members (excludes halogenated alkanes) is 1. The zero-order valence-corrected chi connectivity index (χ0v) is 13.5. The van der Waals surface area contributed by atoms with Crippen molar-refractivity contribution in [3.8, 4) is 0 Å². The van der Waals surface area contributed by atoms with E-state index in [1.165, 1.54) is 31.4 Å². The molecule has 1 amide bonds. The molecular formula is C13H27NO2S2. The molecule has 0 unspecified atom stereocenters. The van der Waals surface area contributed by atoms with Gasteiger partial charge in [0.25, 0.3) is 0 Å². The van der Waals surface area contributed by atoms with Gasteiger partial charge in [-0.05, 0) is 19.3 Å². The molecule has 0 saturated carbocycles. The fourth-order valence-corrected chi connectivity index (χ4v) is 3.85. The summed E-state index contributed by atoms with van der Waals surface area (Å²) in [5.41, 5.74) is 0. The second-order valence-corrected chi connectivity index (χ2v) is 6.82. The van der Waals surface area contributed by atoms with Gasteiger partial charge in [0.05, 0.1) is 0 Å². The van der Waals surface area contributed by atoms with Gasteiger partial charge in [-0.15, -0.1) is 0 Å². The second-order valence-electron chi connectivity index (χ2n) is 4.19. The maximum absolute atomic E-state index is 11.0. The number of amides is 1. The Kier molecular flexibility index (Phi) is 13.4. The number of carbonyl (C=O) groups is 1. The van der Waals surface area contributed by atoms with Crippen LogP contribution in [0, 0.1) is 5.92 Å². The molecule has 0 aromatic carbocycles. The zero-order valence-electron chi connectivity index (χ0n) is 11.9. The highest BCUT2D eigenvalue weighted by Gasteiger charge is 2.06. The van der Waals surface area contributed by atoms with E-state index in [9.17, 15) is 4.79 Å². The standard InChI is InChI=1S/C13H27NO2S2/c1-4-7-8-12(5-2)11-18-17-10-9-16-13(15)14-6-3/h12H,4-11H2,1-3H3,(H,14,15)/t12-/m0/s1. The van der Waals surface area contributed by atoms with E-state index in [4.69, 9.17) is 4.74 Å². The van der Waals surface area contributed by atoms with Gasteiger partial charge in [-0.1, -0.05) is 54.7 Å². The number of alkyl carbamates (subject to hydrolysis) is 1. The van der Waals surface area contributed by atoms with E-state index in [0.29, 0.717) is 13.2 Å². The molecule has 0 radical (unpaired) electrons. The van der Waals surface area contributed by atoms with Crippen LogP contribution in [0.5, 0.6) is 0 Å². The van der Waals surface area contributed by atoms with Crippen LogP contribution in [0.1, 0.15) is 46.5 Å². The SMILES string of the molecule is CCCC[C@H](CC)CSSCCOC(=O)NCC. The molecule has 5 heteroatoms. The topological polar surface area (TPSA) is 38.3 Å². The summed E-state index contributed by atoms with van der Waals surface area (Å²) >= 11 is 0. The van der Waals surface area contributed by atoms with Gasteiger partial charge < -0.3 is 10.1 Å². The molecule has 18 heavy (non-hydrogen) atoms. The van der Waals surface area contributed by atoms with Crippen LogP contribution in [0.25, 0.3) is 0 Å². The van der Waals surface area contributed by atoms with Crippen LogP contribution in [0.4, 0.5) is 4.79 Å². The maximum Gasteiger partial charge on any atom is 0.407 e. The molecule has 0 aromatic heterocycles. The summed E-state index contributed by atoms with van der Waals surface area (Å²) in [7, 11) is 3.71. The Labute approximate surface area is 120 Å². The van der Waals surface area contributed by atoms with Crippen LogP contribution in [0.2, 0.25) is 0 Å². The van der Waals surface area contributed by atoms with Crippen LogP contribution < -0.4 is 5.32 Å². The van der Waals surface area contributed by atoms with Crippen LogP contribution >= 0.6 is 21.6 Å². The van der Waals surface area contributed by atoms with Crippen LogP contribution in [0.3, 0.4) is 0 Å². The van der Waals surface area contributed by atoms with Crippen molar-refractivity contribution in [1.29, 1.82) is 0 Å². The van der Waals surface area contributed by atoms with Crippen molar-refractivity contribution in [2.45, 2.75) is 46.5 Å². The molecule has 0 aliphatic heterocycles. The molecule has 108 valence electrons. The Morgan fingerprint density at radius 1 is 1.28 bits per heavy atom. The molecule has 0 rings (SSSR count). The van der Waals surface area contributed by atoms with Crippen molar-refractivity contribution in [2.24, 2.45) is 5.92 Å². The predicted octanol–water partition coefficient (Wildman–Crippen LogP) is 4.33. The lowest BCUT2D eigenvalue weighted by Gasteiger charge is -2.13. The van der Waals surface area contributed by atoms with Gasteiger partial charge in [-0.2, -0.15) is 0 Å². The first-order valence-electron chi connectivity index (χ1n) is 6.89. The average Bonchev–Trinajstić information content (AvgIpc) is 2.37. The van der Waals surface area contributed by atoms with E-state index in [2.05, 4.69) is 19.2 Å². The normalized spacial score (nSPS) is 12.2. The quantitative estimate of drug-likeness (QED) is 0.454. The molecule has 0 fully saturated rings. The largest absolute Gasteiger partial charge is 0.449 e. The maximum atomic E-state index is 11.0. The first-order valence-corrected chi connectivity index (χ1v) is 9.38. The number of ether oxygens (including phenoxy) is 1. The lowest BCUT2D eigenvalue weighted by atomic mass is 10.0. The first-order chi connectivity index (χ1) is 8.74. The van der Waals surface area contributed by atoms with Gasteiger partial charge in [-0.3, -0.25) is 0 Å². The number of hydrogen-bond acceptors (Lipinski definition) is 4. The van der Waals surface area contributed by atoms with Crippen molar-refractivity contribution < 1.29 is 9.53 Å². The van der Waals surface area contributed by atoms with E-state index in [1.807, 2.05) is 17.7 Å². The summed E-state index contributed by atoms with van der Waals surface area (Å²) in [6.45, 7) is 7.51. The van der Waals surface area contributed by atoms with Gasteiger partial charge in [0, 0.05) is 18.1 Å². The molecule has 0 heterocycles. The molecule has 0 saturated heterocycles. The van der Waals surface area contributed by atoms with E-state index < -0.39 is 0 Å². The molecule has 0 aromatic rings. The summed E-state index contributed by atoms with van der Waals surface area (Å²) < 4.78 is 5.00. The van der Waals surface area contributed by atoms with Gasteiger partial charge in [-0.25, -0.2) is 4.79 Å². The minimum Gasteiger partial charge on any atom is -0.449 e. The van der Waals surface area contributed by atoms with Gasteiger partial charge >= 0.3 is 6.09 Å². The lowest BCUT2D eigenvalue weighted by molar-refractivity contribution is 0.154. The summed E-state index contributed by atoms with van der Waals surface area (Å²) in [6, 6.07) is 0. The van der Waals surface area contributed by atoms with Gasteiger partial charge in [0.15, 0.2) is 0 Å². The van der Waals surface area contributed by atoms with E-state index in [-0.39, 0.29) is 6.09 Å². The zero-order chi connectivity index (χ0) is 13.6. The van der Waals surface area contributed by atoms with E-state index >= 15 is 0 Å². The Morgan fingerprint density at radius 3 is 2.67 bits per heavy atom. The number of nitrogens with one attached hydrogen (secondary N) is 1. The second kappa shape index (κ2) is 13.4. The van der Waals surface area contributed by atoms with Crippen molar-refractivity contribution in [3.05, 3.63) is 0 Å². The fourth-order valence-electron chi connectivity index (χ4n) is 1.47. The summed E-state index contributed by atoms with van der Waals surface area (Å²) in [5.74, 6) is 2.92. The highest BCUT2D eigenvalue weighted by Crippen LogP contribution is 2.27. The highest BCUT2D eigenvalue weighted by atomic mass is 33.1. The third kappa shape index (κ3) is 11.1. The van der Waals surface area contributed by atoms with E-state index in [0.717, 1.165) is 11.7 Å². The monoisotopic (exact) mass is 293 g/mol. The van der Waals surface area contributed by atoms with Crippen LogP contribution in [0.15, 0.2) is 0 Å². The molecule has 1 atom stereocenters. The van der Waals surface area contributed by atoms with Crippen molar-refractivity contribution >= 4 is 27.7 Å². The van der Waals surface area contributed by atoms with Crippen LogP contribution in [-0.2, 0) is 4.74 Å². The lowest BCUT2D eigenvalue weighted by Crippen LogP contribution is -2.24. The minimum absolute atomic E-state index is 0.308. The molecular weight excluding hydrogens is 266 g/mol. The smallest absolute Gasteiger partial charge is 0.407 e. The Bertz CT molecular complexity index is 203. The molecule has 0 spiro atoms. The Morgan fingerprint density at radius 2 is 2.06 bits per heavy atom. The summed E-state index contributed by atoms with van der Waals surface area (Å²) in [4.78, 5) is 11.0. The number of carbonyl (C=O) groups excluding carboxylic acids is 1. The Hall–Kier alpha value is -0.0300. The van der Waals surface area contributed by atoms with Crippen molar-refractivity contribution in [2.75, 3.05) is 24.7 Å². The summed E-state index contributed by atoms with van der Waals surface area (Å²) in [5, 5.41) is 2.61. The minimum atomic E-state index is -0.308. The Balaban J connectivity index is 3.35. The predicted molar refractivity (Wildman–Crippen MR) is 83.2 cm³/mol. The third-order valence-electron chi connectivity index (χ3n) is 2.65. The van der Waals surface area contributed by atoms with Crippen molar-refractivity contribution in [3.63, 3.8) is 0 Å². The van der Waals surface area contributed by atoms with Crippen molar-refractivity contribution in [1.82, 2.24) is 5.32 Å². The molecule has 1 N–H and O–H groups in total. The van der Waals surface area contributed by atoms with Crippen LogP contribution in [-0.4, -0.2) is 30.8 Å². The first kappa shape index (κ1) is 18.0. The third-order valence-corrected chi connectivity index (χ3v) is 5.17. The molecule has 3 nitrogen and oxygen atoms in total. The van der Waals surface area contributed by atoms with Gasteiger partial charge in [0.1, 0.15) is 6.61 Å².